The Hall–Kier alpha value is -3.15. The van der Waals surface area contributed by atoms with Crippen LogP contribution in [0.1, 0.15) is 20.7 Å². The quantitative estimate of drug-likeness (QED) is 0.813. The molecule has 22 heavy (non-hydrogen) atoms. The Bertz CT molecular complexity index is 823. The lowest BCUT2D eigenvalue weighted by molar-refractivity contribution is 0.0905. The van der Waals surface area contributed by atoms with Crippen molar-refractivity contribution in [3.05, 3.63) is 59.1 Å². The van der Waals surface area contributed by atoms with Crippen LogP contribution in [0.15, 0.2) is 48.0 Å². The molecule has 0 saturated carbocycles. The van der Waals surface area contributed by atoms with Crippen LogP contribution in [0.4, 0.5) is 5.69 Å². The summed E-state index contributed by atoms with van der Waals surface area (Å²) in [6.45, 7) is 0. The van der Waals surface area contributed by atoms with Crippen LogP contribution in [0.2, 0.25) is 0 Å². The van der Waals surface area contributed by atoms with E-state index in [1.165, 1.54) is 19.4 Å². The van der Waals surface area contributed by atoms with E-state index >= 15 is 0 Å². The molecular weight excluding hydrogens is 282 g/mol. The van der Waals surface area contributed by atoms with Gasteiger partial charge < -0.3 is 16.2 Å². The first-order valence-electron chi connectivity index (χ1n) is 6.52. The minimum Gasteiger partial charge on any atom is -0.491 e. The number of hydrogen-bond acceptors (Lipinski definition) is 6. The molecule has 0 atom stereocenters. The van der Waals surface area contributed by atoms with Crippen molar-refractivity contribution in [2.75, 3.05) is 12.8 Å². The van der Waals surface area contributed by atoms with Crippen LogP contribution in [0.25, 0.3) is 11.3 Å². The molecule has 3 rings (SSSR count). The number of carbonyl (C=O) groups is 2. The van der Waals surface area contributed by atoms with Gasteiger partial charge in [-0.15, -0.1) is 0 Å². The predicted octanol–water partition coefficient (Wildman–Crippen LogP) is 1.53. The third kappa shape index (κ3) is 1.93. The zero-order valence-corrected chi connectivity index (χ0v) is 11.8. The summed E-state index contributed by atoms with van der Waals surface area (Å²) >= 11 is 0. The Morgan fingerprint density at radius 1 is 1.00 bits per heavy atom. The highest BCUT2D eigenvalue weighted by Gasteiger charge is 2.34. The van der Waals surface area contributed by atoms with Crippen molar-refractivity contribution < 1.29 is 14.3 Å². The molecular formula is C16H13N3O3. The SMILES string of the molecule is COC1=C(N)C(=O)c2c(ccnc2-c2ccc(N)cc2)C1=O. The van der Waals surface area contributed by atoms with Crippen LogP contribution >= 0.6 is 0 Å². The lowest BCUT2D eigenvalue weighted by atomic mass is 9.88. The number of methoxy groups -OCH3 is 1. The molecule has 1 aliphatic rings. The fourth-order valence-electron chi connectivity index (χ4n) is 2.43. The molecule has 0 unspecified atom stereocenters. The number of rotatable bonds is 2. The highest BCUT2D eigenvalue weighted by Crippen LogP contribution is 2.31. The highest BCUT2D eigenvalue weighted by atomic mass is 16.5. The van der Waals surface area contributed by atoms with E-state index in [0.717, 1.165) is 0 Å². The minimum atomic E-state index is -0.466. The van der Waals surface area contributed by atoms with Crippen LogP contribution in [0.3, 0.4) is 0 Å². The van der Waals surface area contributed by atoms with Gasteiger partial charge in [0.25, 0.3) is 0 Å². The van der Waals surface area contributed by atoms with Crippen LogP contribution in [-0.2, 0) is 4.74 Å². The molecule has 1 aromatic carbocycles. The summed E-state index contributed by atoms with van der Waals surface area (Å²) in [6.07, 6.45) is 1.48. The number of nitrogen functional groups attached to an aromatic ring is 1. The van der Waals surface area contributed by atoms with Gasteiger partial charge in [-0.25, -0.2) is 0 Å². The molecule has 0 amide bonds. The van der Waals surface area contributed by atoms with Crippen molar-refractivity contribution in [2.45, 2.75) is 0 Å². The third-order valence-corrected chi connectivity index (χ3v) is 3.51. The fourth-order valence-corrected chi connectivity index (χ4v) is 2.43. The standard InChI is InChI=1S/C16H13N3O3/c1-22-16-12(18)15(21)11-10(14(16)20)6-7-19-13(11)8-2-4-9(17)5-3-8/h2-7H,17-18H2,1H3. The summed E-state index contributed by atoms with van der Waals surface area (Å²) in [5, 5.41) is 0. The highest BCUT2D eigenvalue weighted by molar-refractivity contribution is 6.27. The molecule has 0 bridgehead atoms. The number of carbonyl (C=O) groups excluding carboxylic acids is 2. The topological polar surface area (TPSA) is 108 Å². The number of pyridine rings is 1. The van der Waals surface area contributed by atoms with Gasteiger partial charge in [0, 0.05) is 23.0 Å². The average molecular weight is 295 g/mol. The summed E-state index contributed by atoms with van der Waals surface area (Å²) in [6, 6.07) is 8.36. The average Bonchev–Trinajstić information content (AvgIpc) is 2.53. The van der Waals surface area contributed by atoms with Crippen LogP contribution in [0, 0.1) is 0 Å². The molecule has 0 aliphatic heterocycles. The van der Waals surface area contributed by atoms with Gasteiger partial charge in [-0.05, 0) is 18.2 Å². The van der Waals surface area contributed by atoms with Gasteiger partial charge in [-0.1, -0.05) is 12.1 Å². The van der Waals surface area contributed by atoms with Crippen molar-refractivity contribution in [1.29, 1.82) is 0 Å². The summed E-state index contributed by atoms with van der Waals surface area (Å²) in [4.78, 5) is 29.1. The van der Waals surface area contributed by atoms with Crippen LogP contribution in [-0.4, -0.2) is 23.7 Å². The van der Waals surface area contributed by atoms with E-state index in [-0.39, 0.29) is 22.6 Å². The molecule has 2 aromatic rings. The number of aromatic nitrogens is 1. The monoisotopic (exact) mass is 295 g/mol. The summed E-state index contributed by atoms with van der Waals surface area (Å²) in [5.74, 6) is -1.02. The Morgan fingerprint density at radius 3 is 2.32 bits per heavy atom. The van der Waals surface area contributed by atoms with E-state index in [1.54, 1.807) is 24.3 Å². The van der Waals surface area contributed by atoms with Crippen LogP contribution < -0.4 is 11.5 Å². The largest absolute Gasteiger partial charge is 0.491 e. The number of ketones is 2. The predicted molar refractivity (Wildman–Crippen MR) is 81.0 cm³/mol. The van der Waals surface area contributed by atoms with E-state index in [0.29, 0.717) is 16.9 Å². The molecule has 4 N–H and O–H groups in total. The van der Waals surface area contributed by atoms with Crippen LogP contribution in [0.5, 0.6) is 0 Å². The lowest BCUT2D eigenvalue weighted by Crippen LogP contribution is -2.28. The Labute approximate surface area is 126 Å². The van der Waals surface area contributed by atoms with Gasteiger partial charge in [-0.2, -0.15) is 0 Å². The molecule has 110 valence electrons. The number of hydrogen-bond donors (Lipinski definition) is 2. The van der Waals surface area contributed by atoms with Gasteiger partial charge in [0.2, 0.25) is 11.6 Å². The molecule has 1 heterocycles. The third-order valence-electron chi connectivity index (χ3n) is 3.51. The second kappa shape index (κ2) is 5.00. The number of ether oxygens (including phenoxy) is 1. The zero-order chi connectivity index (χ0) is 15.9. The molecule has 6 heteroatoms. The fraction of sp³-hybridized carbons (Fsp3) is 0.0625. The van der Waals surface area contributed by atoms with Gasteiger partial charge in [0.05, 0.1) is 18.4 Å². The first-order chi connectivity index (χ1) is 10.5. The van der Waals surface area contributed by atoms with E-state index < -0.39 is 11.6 Å². The minimum absolute atomic E-state index is 0.132. The number of anilines is 1. The second-order valence-electron chi connectivity index (χ2n) is 4.81. The van der Waals surface area contributed by atoms with E-state index in [9.17, 15) is 9.59 Å². The molecule has 1 aromatic heterocycles. The number of benzene rings is 1. The molecule has 0 saturated heterocycles. The Kier molecular flexibility index (Phi) is 3.14. The smallest absolute Gasteiger partial charge is 0.230 e. The van der Waals surface area contributed by atoms with Crippen molar-refractivity contribution in [3.63, 3.8) is 0 Å². The van der Waals surface area contributed by atoms with Gasteiger partial charge in [0.15, 0.2) is 5.76 Å². The summed E-state index contributed by atoms with van der Waals surface area (Å²) < 4.78 is 4.95. The first-order valence-corrected chi connectivity index (χ1v) is 6.52. The van der Waals surface area contributed by atoms with E-state index in [4.69, 9.17) is 16.2 Å². The molecule has 1 aliphatic carbocycles. The Balaban J connectivity index is 2.25. The molecule has 6 nitrogen and oxygen atoms in total. The number of nitrogens with two attached hydrogens (primary N) is 2. The maximum atomic E-state index is 12.5. The lowest BCUT2D eigenvalue weighted by Gasteiger charge is -2.19. The van der Waals surface area contributed by atoms with Crippen molar-refractivity contribution in [2.24, 2.45) is 5.73 Å². The van der Waals surface area contributed by atoms with Crippen molar-refractivity contribution in [1.82, 2.24) is 4.98 Å². The van der Waals surface area contributed by atoms with E-state index in [2.05, 4.69) is 4.98 Å². The van der Waals surface area contributed by atoms with Gasteiger partial charge >= 0.3 is 0 Å². The molecule has 0 spiro atoms. The van der Waals surface area contributed by atoms with Gasteiger partial charge in [0.1, 0.15) is 5.70 Å². The van der Waals surface area contributed by atoms with E-state index in [1.807, 2.05) is 0 Å². The maximum Gasteiger partial charge on any atom is 0.230 e. The second-order valence-corrected chi connectivity index (χ2v) is 4.81. The molecule has 0 radical (unpaired) electrons. The van der Waals surface area contributed by atoms with Crippen molar-refractivity contribution >= 4 is 17.3 Å². The maximum absolute atomic E-state index is 12.5. The number of Topliss-reactive ketones (excluding diaryl/α,β-unsaturated/α-hetero) is 2. The number of fused-ring (bicyclic) bond motifs is 1. The summed E-state index contributed by atoms with van der Waals surface area (Å²) in [7, 11) is 1.31. The number of nitrogens with zero attached hydrogens (tertiary/aromatic N) is 1. The normalized spacial score (nSPS) is 14.0. The van der Waals surface area contributed by atoms with Gasteiger partial charge in [-0.3, -0.25) is 14.6 Å². The molecule has 0 fully saturated rings. The summed E-state index contributed by atoms with van der Waals surface area (Å²) in [5.41, 5.74) is 13.3. The number of allylic oxidation sites excluding steroid dienone is 2. The first kappa shape index (κ1) is 13.8. The zero-order valence-electron chi connectivity index (χ0n) is 11.8. The Morgan fingerprint density at radius 2 is 1.68 bits per heavy atom. The van der Waals surface area contributed by atoms with Crippen molar-refractivity contribution in [3.8, 4) is 11.3 Å².